The maximum absolute atomic E-state index is 12.4. The number of nitrogens with one attached hydrogen (secondary N) is 1. The Hall–Kier alpha value is -2.47. The van der Waals surface area contributed by atoms with Gasteiger partial charge in [-0.1, -0.05) is 32.9 Å². The summed E-state index contributed by atoms with van der Waals surface area (Å²) >= 11 is 0. The quantitative estimate of drug-likeness (QED) is 0.351. The van der Waals surface area contributed by atoms with Crippen molar-refractivity contribution >= 4 is 0 Å². The van der Waals surface area contributed by atoms with Crippen LogP contribution in [0.5, 0.6) is 23.0 Å². The molecule has 0 bridgehead atoms. The van der Waals surface area contributed by atoms with Crippen LogP contribution in [0, 0.1) is 5.92 Å². The number of rotatable bonds is 15. The third kappa shape index (κ3) is 7.26. The van der Waals surface area contributed by atoms with Crippen molar-refractivity contribution in [2.75, 3.05) is 47.7 Å². The second-order valence-electron chi connectivity index (χ2n) is 8.77. The van der Waals surface area contributed by atoms with Crippen LogP contribution in [0.3, 0.4) is 0 Å². The van der Waals surface area contributed by atoms with E-state index in [1.165, 1.54) is 5.56 Å². The Bertz CT molecular complexity index is 858. The molecule has 0 aromatic heterocycles. The first-order chi connectivity index (χ1) is 15.9. The van der Waals surface area contributed by atoms with Crippen LogP contribution >= 0.6 is 0 Å². The monoisotopic (exact) mass is 461 g/mol. The Morgan fingerprint density at radius 2 is 1.55 bits per heavy atom. The number of hydrogen-bond donors (Lipinski definition) is 1. The van der Waals surface area contributed by atoms with E-state index in [4.69, 9.17) is 18.9 Å². The zero-order valence-electron chi connectivity index (χ0n) is 21.0. The predicted octanol–water partition coefficient (Wildman–Crippen LogP) is 5.59. The molecule has 0 saturated carbocycles. The highest BCUT2D eigenvalue weighted by atomic mass is 19.1. The fourth-order valence-electron chi connectivity index (χ4n) is 4.03. The normalized spacial score (nSPS) is 13.0. The van der Waals surface area contributed by atoms with Crippen LogP contribution in [0.2, 0.25) is 0 Å². The molecule has 2 rings (SSSR count). The minimum absolute atomic E-state index is 0.0376. The Morgan fingerprint density at radius 3 is 2.18 bits per heavy atom. The minimum atomic E-state index is -0.517. The van der Waals surface area contributed by atoms with E-state index in [9.17, 15) is 4.39 Å². The molecule has 0 aliphatic heterocycles. The van der Waals surface area contributed by atoms with Crippen LogP contribution < -0.4 is 24.3 Å². The lowest BCUT2D eigenvalue weighted by atomic mass is 9.70. The minimum Gasteiger partial charge on any atom is -0.493 e. The standard InChI is InChI=1S/C27H40FNO4/c1-20(2)27(3,22-9-11-23(30-4)26(19-22)32-6)13-7-15-29-16-12-21-8-10-24(33-17-14-28)25(18-21)31-5/h8-11,18-20,29H,7,12-17H2,1-6H3. The zero-order chi connectivity index (χ0) is 24.3. The molecule has 0 saturated heterocycles. The Labute approximate surface area is 198 Å². The molecule has 0 amide bonds. The van der Waals surface area contributed by atoms with Crippen LogP contribution in [0.15, 0.2) is 36.4 Å². The van der Waals surface area contributed by atoms with Gasteiger partial charge < -0.3 is 24.3 Å². The van der Waals surface area contributed by atoms with Gasteiger partial charge in [0, 0.05) is 0 Å². The molecule has 33 heavy (non-hydrogen) atoms. The molecular formula is C27H40FNO4. The van der Waals surface area contributed by atoms with Crippen molar-refractivity contribution in [3.63, 3.8) is 0 Å². The van der Waals surface area contributed by atoms with Crippen LogP contribution in [-0.4, -0.2) is 47.7 Å². The van der Waals surface area contributed by atoms with E-state index in [0.29, 0.717) is 17.4 Å². The Kier molecular flexibility index (Phi) is 10.8. The molecule has 0 aliphatic carbocycles. The van der Waals surface area contributed by atoms with E-state index in [1.807, 2.05) is 24.3 Å². The van der Waals surface area contributed by atoms with Crippen molar-refractivity contribution in [1.82, 2.24) is 5.32 Å². The number of methoxy groups -OCH3 is 3. The van der Waals surface area contributed by atoms with Gasteiger partial charge in [0.05, 0.1) is 21.3 Å². The second-order valence-corrected chi connectivity index (χ2v) is 8.77. The van der Waals surface area contributed by atoms with Crippen LogP contribution in [0.4, 0.5) is 4.39 Å². The van der Waals surface area contributed by atoms with E-state index in [-0.39, 0.29) is 12.0 Å². The highest BCUT2D eigenvalue weighted by Crippen LogP contribution is 2.40. The molecule has 0 heterocycles. The molecule has 2 aromatic carbocycles. The van der Waals surface area contributed by atoms with Crippen LogP contribution in [0.25, 0.3) is 0 Å². The summed E-state index contributed by atoms with van der Waals surface area (Å²) in [5.41, 5.74) is 2.48. The average molecular weight is 462 g/mol. The predicted molar refractivity (Wildman–Crippen MR) is 132 cm³/mol. The fraction of sp³-hybridized carbons (Fsp3) is 0.556. The molecule has 1 N–H and O–H groups in total. The summed E-state index contributed by atoms with van der Waals surface area (Å²) in [7, 11) is 4.94. The lowest BCUT2D eigenvalue weighted by Crippen LogP contribution is -2.30. The lowest BCUT2D eigenvalue weighted by molar-refractivity contribution is 0.260. The Morgan fingerprint density at radius 1 is 0.879 bits per heavy atom. The molecule has 6 heteroatoms. The molecule has 0 fully saturated rings. The summed E-state index contributed by atoms with van der Waals surface area (Å²) in [6, 6.07) is 12.1. The van der Waals surface area contributed by atoms with E-state index in [1.54, 1.807) is 21.3 Å². The topological polar surface area (TPSA) is 49.0 Å². The molecule has 184 valence electrons. The van der Waals surface area contributed by atoms with Crippen molar-refractivity contribution in [2.24, 2.45) is 5.92 Å². The van der Waals surface area contributed by atoms with Gasteiger partial charge in [-0.25, -0.2) is 4.39 Å². The largest absolute Gasteiger partial charge is 0.493 e. The van der Waals surface area contributed by atoms with Crippen molar-refractivity contribution in [1.29, 1.82) is 0 Å². The zero-order valence-corrected chi connectivity index (χ0v) is 21.0. The second kappa shape index (κ2) is 13.3. The molecule has 0 radical (unpaired) electrons. The van der Waals surface area contributed by atoms with Crippen molar-refractivity contribution in [2.45, 2.75) is 45.4 Å². The fourth-order valence-corrected chi connectivity index (χ4v) is 4.03. The summed E-state index contributed by atoms with van der Waals surface area (Å²) in [6.07, 6.45) is 3.03. The van der Waals surface area contributed by atoms with Gasteiger partial charge in [-0.05, 0) is 79.1 Å². The van der Waals surface area contributed by atoms with Crippen molar-refractivity contribution in [3.8, 4) is 23.0 Å². The maximum Gasteiger partial charge on any atom is 0.161 e. The van der Waals surface area contributed by atoms with Gasteiger partial charge >= 0.3 is 0 Å². The van der Waals surface area contributed by atoms with Crippen molar-refractivity contribution in [3.05, 3.63) is 47.5 Å². The van der Waals surface area contributed by atoms with E-state index in [2.05, 4.69) is 38.2 Å². The van der Waals surface area contributed by atoms with Crippen LogP contribution in [-0.2, 0) is 11.8 Å². The SMILES string of the molecule is COc1ccc(C(C)(CCCNCCc2ccc(OCCF)c(OC)c2)C(C)C)cc1OC. The number of halogens is 1. The number of benzene rings is 2. The van der Waals surface area contributed by atoms with Gasteiger partial charge in [-0.15, -0.1) is 0 Å². The smallest absolute Gasteiger partial charge is 0.161 e. The molecule has 0 spiro atoms. The lowest BCUT2D eigenvalue weighted by Gasteiger charge is -2.35. The molecule has 1 atom stereocenters. The summed E-state index contributed by atoms with van der Waals surface area (Å²) in [5, 5.41) is 3.56. The summed E-state index contributed by atoms with van der Waals surface area (Å²) in [6.45, 7) is 8.23. The number of alkyl halides is 1. The van der Waals surface area contributed by atoms with E-state index >= 15 is 0 Å². The van der Waals surface area contributed by atoms with Gasteiger partial charge in [0.15, 0.2) is 23.0 Å². The van der Waals surface area contributed by atoms with Crippen molar-refractivity contribution < 1.29 is 23.3 Å². The third-order valence-electron chi connectivity index (χ3n) is 6.52. The number of ether oxygens (including phenoxy) is 4. The maximum atomic E-state index is 12.4. The summed E-state index contributed by atoms with van der Waals surface area (Å²) in [5.74, 6) is 3.24. The van der Waals surface area contributed by atoms with E-state index < -0.39 is 6.67 Å². The first-order valence-corrected chi connectivity index (χ1v) is 11.7. The van der Waals surface area contributed by atoms with Gasteiger partial charge in [-0.3, -0.25) is 0 Å². The Balaban J connectivity index is 1.87. The third-order valence-corrected chi connectivity index (χ3v) is 6.52. The van der Waals surface area contributed by atoms with E-state index in [0.717, 1.165) is 49.4 Å². The molecule has 5 nitrogen and oxygen atoms in total. The van der Waals surface area contributed by atoms with Gasteiger partial charge in [0.25, 0.3) is 0 Å². The van der Waals surface area contributed by atoms with Crippen LogP contribution in [0.1, 0.15) is 44.7 Å². The summed E-state index contributed by atoms with van der Waals surface area (Å²) < 4.78 is 34.0. The highest BCUT2D eigenvalue weighted by molar-refractivity contribution is 5.45. The summed E-state index contributed by atoms with van der Waals surface area (Å²) in [4.78, 5) is 0. The first-order valence-electron chi connectivity index (χ1n) is 11.7. The average Bonchev–Trinajstić information content (AvgIpc) is 2.84. The van der Waals surface area contributed by atoms with Gasteiger partial charge in [0.1, 0.15) is 13.3 Å². The first kappa shape index (κ1) is 26.8. The highest BCUT2D eigenvalue weighted by Gasteiger charge is 2.30. The van der Waals surface area contributed by atoms with Gasteiger partial charge in [-0.2, -0.15) is 0 Å². The molecule has 1 unspecified atom stereocenters. The number of hydrogen-bond acceptors (Lipinski definition) is 5. The molecule has 0 aliphatic rings. The molecule has 2 aromatic rings. The van der Waals surface area contributed by atoms with Gasteiger partial charge in [0.2, 0.25) is 0 Å². The molecular weight excluding hydrogens is 421 g/mol.